The molecule has 5 nitrogen and oxygen atoms in total. The molecule has 0 bridgehead atoms. The number of aryl methyl sites for hydroxylation is 1. The lowest BCUT2D eigenvalue weighted by atomic mass is 10.2. The SMILES string of the molecule is Cc1noc2cc(OS(=O)(=O)C(F)(F)F)ccc12. The van der Waals surface area contributed by atoms with Crippen molar-refractivity contribution in [1.29, 1.82) is 0 Å². The van der Waals surface area contributed by atoms with Gasteiger partial charge in [0.05, 0.1) is 5.69 Å². The lowest BCUT2D eigenvalue weighted by Gasteiger charge is -2.08. The van der Waals surface area contributed by atoms with E-state index in [1.165, 1.54) is 6.07 Å². The number of halogens is 3. The monoisotopic (exact) mass is 281 g/mol. The zero-order valence-electron chi connectivity index (χ0n) is 8.85. The topological polar surface area (TPSA) is 69.4 Å². The highest BCUT2D eigenvalue weighted by molar-refractivity contribution is 7.88. The molecule has 0 spiro atoms. The Kier molecular flexibility index (Phi) is 2.73. The van der Waals surface area contributed by atoms with Crippen molar-refractivity contribution in [2.75, 3.05) is 0 Å². The second kappa shape index (κ2) is 3.87. The van der Waals surface area contributed by atoms with Crippen LogP contribution in [0.15, 0.2) is 22.7 Å². The van der Waals surface area contributed by atoms with E-state index in [1.807, 2.05) is 0 Å². The fraction of sp³-hybridized carbons (Fsp3) is 0.222. The summed E-state index contributed by atoms with van der Waals surface area (Å²) in [6.45, 7) is 1.64. The molecule has 0 saturated heterocycles. The summed E-state index contributed by atoms with van der Waals surface area (Å²) in [4.78, 5) is 0. The van der Waals surface area contributed by atoms with Gasteiger partial charge in [0.1, 0.15) is 5.75 Å². The van der Waals surface area contributed by atoms with Crippen LogP contribution in [0.5, 0.6) is 5.75 Å². The van der Waals surface area contributed by atoms with Crippen molar-refractivity contribution in [2.24, 2.45) is 0 Å². The fourth-order valence-corrected chi connectivity index (χ4v) is 1.72. The lowest BCUT2D eigenvalue weighted by Crippen LogP contribution is -2.28. The third kappa shape index (κ3) is 2.13. The molecular weight excluding hydrogens is 275 g/mol. The minimum atomic E-state index is -5.67. The van der Waals surface area contributed by atoms with Gasteiger partial charge in [0.25, 0.3) is 0 Å². The van der Waals surface area contributed by atoms with Crippen molar-refractivity contribution in [3.8, 4) is 5.75 Å². The van der Waals surface area contributed by atoms with E-state index in [-0.39, 0.29) is 5.58 Å². The minimum Gasteiger partial charge on any atom is -0.376 e. The number of hydrogen-bond donors (Lipinski definition) is 0. The van der Waals surface area contributed by atoms with E-state index < -0.39 is 21.4 Å². The summed E-state index contributed by atoms with van der Waals surface area (Å²) in [7, 11) is -5.67. The Balaban J connectivity index is 2.39. The number of rotatable bonds is 2. The lowest BCUT2D eigenvalue weighted by molar-refractivity contribution is -0.0500. The van der Waals surface area contributed by atoms with Crippen LogP contribution >= 0.6 is 0 Å². The van der Waals surface area contributed by atoms with Crippen molar-refractivity contribution < 1.29 is 30.3 Å². The molecule has 2 rings (SSSR count). The third-order valence-corrected chi connectivity index (χ3v) is 3.09. The van der Waals surface area contributed by atoms with E-state index >= 15 is 0 Å². The largest absolute Gasteiger partial charge is 0.534 e. The molecule has 0 amide bonds. The summed E-state index contributed by atoms with van der Waals surface area (Å²) in [6, 6.07) is 3.48. The van der Waals surface area contributed by atoms with Gasteiger partial charge in [-0.2, -0.15) is 21.6 Å². The predicted octanol–water partition coefficient (Wildman–Crippen LogP) is 2.36. The van der Waals surface area contributed by atoms with Gasteiger partial charge in [0.2, 0.25) is 0 Å². The first-order valence-electron chi connectivity index (χ1n) is 4.57. The minimum absolute atomic E-state index is 0.141. The van der Waals surface area contributed by atoms with E-state index in [2.05, 4.69) is 9.34 Å². The highest BCUT2D eigenvalue weighted by Gasteiger charge is 2.48. The van der Waals surface area contributed by atoms with Crippen molar-refractivity contribution >= 4 is 21.1 Å². The number of hydrogen-bond acceptors (Lipinski definition) is 5. The molecule has 18 heavy (non-hydrogen) atoms. The Morgan fingerprint density at radius 3 is 2.61 bits per heavy atom. The standard InChI is InChI=1S/C9H6F3NO4S/c1-5-7-3-2-6(4-8(7)16-13-5)17-18(14,15)9(10,11)12/h2-4H,1H3. The van der Waals surface area contributed by atoms with Crippen molar-refractivity contribution in [2.45, 2.75) is 12.4 Å². The van der Waals surface area contributed by atoms with Crippen molar-refractivity contribution in [3.05, 3.63) is 23.9 Å². The van der Waals surface area contributed by atoms with Crippen LogP contribution in [0.4, 0.5) is 13.2 Å². The molecule has 1 aromatic heterocycles. The van der Waals surface area contributed by atoms with Crippen molar-refractivity contribution in [1.82, 2.24) is 5.16 Å². The van der Waals surface area contributed by atoms with Crippen LogP contribution in [0, 0.1) is 6.92 Å². The van der Waals surface area contributed by atoms with E-state index in [0.717, 1.165) is 12.1 Å². The second-order valence-electron chi connectivity index (χ2n) is 3.41. The fourth-order valence-electron chi connectivity index (χ4n) is 1.27. The van der Waals surface area contributed by atoms with Crippen LogP contribution in [0.1, 0.15) is 5.69 Å². The first-order valence-corrected chi connectivity index (χ1v) is 5.98. The maximum absolute atomic E-state index is 12.1. The number of aromatic nitrogens is 1. The number of nitrogens with zero attached hydrogens (tertiary/aromatic N) is 1. The van der Waals surface area contributed by atoms with Gasteiger partial charge < -0.3 is 8.71 Å². The molecule has 0 radical (unpaired) electrons. The summed E-state index contributed by atoms with van der Waals surface area (Å²) < 4.78 is 66.5. The average Bonchev–Trinajstić information content (AvgIpc) is 2.58. The Bertz CT molecular complexity index is 689. The third-order valence-electron chi connectivity index (χ3n) is 2.11. The zero-order chi connectivity index (χ0) is 13.6. The smallest absolute Gasteiger partial charge is 0.376 e. The van der Waals surface area contributed by atoms with Gasteiger partial charge >= 0.3 is 15.6 Å². The Labute approximate surface area is 99.3 Å². The van der Waals surface area contributed by atoms with E-state index in [1.54, 1.807) is 6.92 Å². The van der Waals surface area contributed by atoms with Gasteiger partial charge in [-0.1, -0.05) is 5.16 Å². The number of fused-ring (bicyclic) bond motifs is 1. The highest BCUT2D eigenvalue weighted by atomic mass is 32.2. The molecule has 0 atom stereocenters. The molecule has 0 aliphatic heterocycles. The van der Waals surface area contributed by atoms with Crippen LogP contribution in [-0.4, -0.2) is 19.1 Å². The van der Waals surface area contributed by atoms with Crippen molar-refractivity contribution in [3.63, 3.8) is 0 Å². The molecule has 98 valence electrons. The number of benzene rings is 1. The molecule has 0 unspecified atom stereocenters. The van der Waals surface area contributed by atoms with E-state index in [0.29, 0.717) is 11.1 Å². The van der Waals surface area contributed by atoms with Gasteiger partial charge in [-0.25, -0.2) is 0 Å². The zero-order valence-corrected chi connectivity index (χ0v) is 9.67. The Hall–Kier alpha value is -1.77. The van der Waals surface area contributed by atoms with Crippen LogP contribution in [0.25, 0.3) is 11.0 Å². The van der Waals surface area contributed by atoms with Gasteiger partial charge in [-0.15, -0.1) is 0 Å². The summed E-state index contributed by atoms with van der Waals surface area (Å²) in [5.74, 6) is -0.490. The molecule has 0 fully saturated rings. The van der Waals surface area contributed by atoms with Crippen LogP contribution in [0.3, 0.4) is 0 Å². The molecule has 0 saturated carbocycles. The van der Waals surface area contributed by atoms with Gasteiger partial charge in [0, 0.05) is 11.5 Å². The Morgan fingerprint density at radius 2 is 2.00 bits per heavy atom. The molecular formula is C9H6F3NO4S. The van der Waals surface area contributed by atoms with Gasteiger partial charge in [0.15, 0.2) is 5.58 Å². The molecule has 1 aromatic carbocycles. The van der Waals surface area contributed by atoms with Gasteiger partial charge in [-0.05, 0) is 19.1 Å². The second-order valence-corrected chi connectivity index (χ2v) is 4.95. The average molecular weight is 281 g/mol. The highest BCUT2D eigenvalue weighted by Crippen LogP contribution is 2.29. The summed E-state index contributed by atoms with van der Waals surface area (Å²) in [5, 5.41) is 4.14. The summed E-state index contributed by atoms with van der Waals surface area (Å²) >= 11 is 0. The quantitative estimate of drug-likeness (QED) is 0.624. The van der Waals surface area contributed by atoms with Crippen LogP contribution < -0.4 is 4.18 Å². The van der Waals surface area contributed by atoms with E-state index in [4.69, 9.17) is 4.52 Å². The maximum Gasteiger partial charge on any atom is 0.534 e. The number of alkyl halides is 3. The first-order chi connectivity index (χ1) is 8.21. The van der Waals surface area contributed by atoms with Crippen LogP contribution in [0.2, 0.25) is 0 Å². The summed E-state index contributed by atoms with van der Waals surface area (Å²) in [5.41, 5.74) is -4.79. The molecule has 2 aromatic rings. The molecule has 9 heteroatoms. The van der Waals surface area contributed by atoms with Crippen LogP contribution in [-0.2, 0) is 10.1 Å². The normalized spacial score (nSPS) is 12.9. The Morgan fingerprint density at radius 1 is 1.33 bits per heavy atom. The first kappa shape index (κ1) is 12.7. The molecule has 1 heterocycles. The van der Waals surface area contributed by atoms with E-state index in [9.17, 15) is 21.6 Å². The molecule has 0 aliphatic carbocycles. The summed E-state index contributed by atoms with van der Waals surface area (Å²) in [6.07, 6.45) is 0. The molecule has 0 N–H and O–H groups in total. The van der Waals surface area contributed by atoms with Gasteiger partial charge in [-0.3, -0.25) is 0 Å². The molecule has 0 aliphatic rings. The predicted molar refractivity (Wildman–Crippen MR) is 54.3 cm³/mol. The maximum atomic E-state index is 12.1.